The normalized spacial score (nSPS) is 9.18. The monoisotopic (exact) mass is 235 g/mol. The van der Waals surface area contributed by atoms with Gasteiger partial charge in [0.1, 0.15) is 11.8 Å². The van der Waals surface area contributed by atoms with E-state index in [9.17, 15) is 9.59 Å². The van der Waals surface area contributed by atoms with Gasteiger partial charge in [-0.3, -0.25) is 0 Å². The predicted octanol–water partition coefficient (Wildman–Crippen LogP) is 0.808. The van der Waals surface area contributed by atoms with Gasteiger partial charge in [-0.2, -0.15) is 5.26 Å². The van der Waals surface area contributed by atoms with Gasteiger partial charge in [0.25, 0.3) is 0 Å². The molecule has 1 aromatic carbocycles. The number of carboxylic acid groups (broad SMARTS) is 1. The average Bonchev–Trinajstić information content (AvgIpc) is 2.34. The minimum atomic E-state index is -1.15. The Hall–Kier alpha value is -2.55. The highest BCUT2D eigenvalue weighted by Gasteiger charge is 2.11. The molecular formula is C11H9NO5. The summed E-state index contributed by atoms with van der Waals surface area (Å²) in [4.78, 5) is 21.5. The Bertz CT molecular complexity index is 489. The number of benzene rings is 1. The molecule has 0 aliphatic rings. The van der Waals surface area contributed by atoms with Gasteiger partial charge in [-0.25, -0.2) is 9.59 Å². The molecule has 1 rings (SSSR count). The molecule has 0 aromatic heterocycles. The number of nitrogens with zero attached hydrogens (tertiary/aromatic N) is 1. The second-order valence-corrected chi connectivity index (χ2v) is 3.00. The quantitative estimate of drug-likeness (QED) is 0.775. The van der Waals surface area contributed by atoms with Crippen LogP contribution in [0.4, 0.5) is 0 Å². The van der Waals surface area contributed by atoms with E-state index in [-0.39, 0.29) is 16.9 Å². The van der Waals surface area contributed by atoms with Crippen LogP contribution in [-0.2, 0) is 9.53 Å². The molecule has 0 amide bonds. The number of rotatable bonds is 4. The van der Waals surface area contributed by atoms with Gasteiger partial charge in [0, 0.05) is 0 Å². The third kappa shape index (κ3) is 3.21. The van der Waals surface area contributed by atoms with Crippen molar-refractivity contribution in [1.29, 1.82) is 5.26 Å². The molecule has 0 spiro atoms. The van der Waals surface area contributed by atoms with Crippen LogP contribution in [0.15, 0.2) is 18.2 Å². The molecule has 0 heterocycles. The zero-order valence-electron chi connectivity index (χ0n) is 8.97. The number of aliphatic carboxylic acids is 1. The Balaban J connectivity index is 2.98. The summed E-state index contributed by atoms with van der Waals surface area (Å²) in [6, 6.07) is 5.84. The van der Waals surface area contributed by atoms with Gasteiger partial charge in [-0.05, 0) is 18.2 Å². The van der Waals surface area contributed by atoms with Crippen molar-refractivity contribution in [2.45, 2.75) is 0 Å². The Labute approximate surface area is 97.0 Å². The molecule has 0 saturated carbocycles. The number of ether oxygens (including phenoxy) is 2. The van der Waals surface area contributed by atoms with E-state index in [0.717, 1.165) is 0 Å². The Morgan fingerprint density at radius 2 is 2.18 bits per heavy atom. The van der Waals surface area contributed by atoms with E-state index in [1.165, 1.54) is 25.3 Å². The largest absolute Gasteiger partial charge is 0.481 e. The molecule has 0 bridgehead atoms. The van der Waals surface area contributed by atoms with E-state index in [1.54, 1.807) is 0 Å². The van der Waals surface area contributed by atoms with Crippen molar-refractivity contribution in [2.75, 3.05) is 13.7 Å². The first-order valence-corrected chi connectivity index (χ1v) is 4.55. The van der Waals surface area contributed by atoms with E-state index >= 15 is 0 Å². The number of nitriles is 1. The number of carbonyl (C=O) groups is 2. The molecule has 6 nitrogen and oxygen atoms in total. The fourth-order valence-electron chi connectivity index (χ4n) is 1.13. The highest BCUT2D eigenvalue weighted by Crippen LogP contribution is 2.19. The number of hydrogen-bond acceptors (Lipinski definition) is 5. The molecule has 0 aliphatic heterocycles. The van der Waals surface area contributed by atoms with Crippen LogP contribution in [0.1, 0.15) is 15.9 Å². The minimum absolute atomic E-state index is 0.0779. The van der Waals surface area contributed by atoms with Gasteiger partial charge in [-0.15, -0.1) is 0 Å². The van der Waals surface area contributed by atoms with Gasteiger partial charge < -0.3 is 14.6 Å². The molecule has 0 radical (unpaired) electrons. The standard InChI is InChI=1S/C11H9NO5/c1-16-11(15)7-2-3-9(8(4-7)5-12)17-6-10(13)14/h2-4H,6H2,1H3,(H,13,14). The molecule has 0 fully saturated rings. The van der Waals surface area contributed by atoms with E-state index < -0.39 is 18.5 Å². The first-order chi connectivity index (χ1) is 8.08. The number of carbonyl (C=O) groups excluding carboxylic acids is 1. The fourth-order valence-corrected chi connectivity index (χ4v) is 1.13. The first kappa shape index (κ1) is 12.5. The van der Waals surface area contributed by atoms with Crippen molar-refractivity contribution in [2.24, 2.45) is 0 Å². The van der Waals surface area contributed by atoms with Crippen LogP contribution in [0.3, 0.4) is 0 Å². The Kier molecular flexibility index (Phi) is 4.06. The van der Waals surface area contributed by atoms with Crippen molar-refractivity contribution < 1.29 is 24.2 Å². The first-order valence-electron chi connectivity index (χ1n) is 4.55. The topological polar surface area (TPSA) is 96.6 Å². The summed E-state index contributed by atoms with van der Waals surface area (Å²) in [5.74, 6) is -1.61. The molecule has 1 N–H and O–H groups in total. The molecule has 1 aromatic rings. The summed E-state index contributed by atoms with van der Waals surface area (Å²) >= 11 is 0. The summed E-state index contributed by atoms with van der Waals surface area (Å²) in [6.07, 6.45) is 0. The fraction of sp³-hybridized carbons (Fsp3) is 0.182. The second-order valence-electron chi connectivity index (χ2n) is 3.00. The molecule has 0 unspecified atom stereocenters. The van der Waals surface area contributed by atoms with Gasteiger partial charge in [-0.1, -0.05) is 0 Å². The van der Waals surface area contributed by atoms with Crippen molar-refractivity contribution in [3.8, 4) is 11.8 Å². The van der Waals surface area contributed by atoms with Crippen LogP contribution in [0.25, 0.3) is 0 Å². The van der Waals surface area contributed by atoms with Crippen LogP contribution in [0.5, 0.6) is 5.75 Å². The lowest BCUT2D eigenvalue weighted by molar-refractivity contribution is -0.139. The number of esters is 1. The lowest BCUT2D eigenvalue weighted by Crippen LogP contribution is -2.10. The van der Waals surface area contributed by atoms with Crippen molar-refractivity contribution in [1.82, 2.24) is 0 Å². The summed E-state index contributed by atoms with van der Waals surface area (Å²) in [5.41, 5.74) is 0.279. The number of carboxylic acids is 1. The Morgan fingerprint density at radius 1 is 1.47 bits per heavy atom. The summed E-state index contributed by atoms with van der Waals surface area (Å²) in [7, 11) is 1.23. The molecule has 6 heteroatoms. The van der Waals surface area contributed by atoms with Crippen molar-refractivity contribution in [3.63, 3.8) is 0 Å². The van der Waals surface area contributed by atoms with E-state index in [4.69, 9.17) is 15.1 Å². The lowest BCUT2D eigenvalue weighted by Gasteiger charge is -2.06. The average molecular weight is 235 g/mol. The van der Waals surface area contributed by atoms with Crippen LogP contribution in [0.2, 0.25) is 0 Å². The zero-order valence-corrected chi connectivity index (χ0v) is 8.97. The van der Waals surface area contributed by atoms with Crippen LogP contribution >= 0.6 is 0 Å². The lowest BCUT2D eigenvalue weighted by atomic mass is 10.1. The second kappa shape index (κ2) is 5.51. The molecule has 17 heavy (non-hydrogen) atoms. The highest BCUT2D eigenvalue weighted by molar-refractivity contribution is 5.90. The molecule has 88 valence electrons. The third-order valence-electron chi connectivity index (χ3n) is 1.87. The maximum absolute atomic E-state index is 11.2. The van der Waals surface area contributed by atoms with E-state index in [2.05, 4.69) is 4.74 Å². The van der Waals surface area contributed by atoms with Crippen molar-refractivity contribution in [3.05, 3.63) is 29.3 Å². The number of methoxy groups -OCH3 is 1. The molecule has 0 aliphatic carbocycles. The molecule has 0 saturated heterocycles. The van der Waals surface area contributed by atoms with Gasteiger partial charge >= 0.3 is 11.9 Å². The summed E-state index contributed by atoms with van der Waals surface area (Å²) < 4.78 is 9.37. The third-order valence-corrected chi connectivity index (χ3v) is 1.87. The van der Waals surface area contributed by atoms with E-state index in [1.807, 2.05) is 6.07 Å². The molecular weight excluding hydrogens is 226 g/mol. The minimum Gasteiger partial charge on any atom is -0.481 e. The van der Waals surface area contributed by atoms with Gasteiger partial charge in [0.05, 0.1) is 18.2 Å². The number of hydrogen-bond donors (Lipinski definition) is 1. The van der Waals surface area contributed by atoms with Crippen molar-refractivity contribution >= 4 is 11.9 Å². The highest BCUT2D eigenvalue weighted by atomic mass is 16.5. The Morgan fingerprint density at radius 3 is 2.71 bits per heavy atom. The summed E-state index contributed by atoms with van der Waals surface area (Å²) in [6.45, 7) is -0.549. The van der Waals surface area contributed by atoms with E-state index in [0.29, 0.717) is 0 Å². The maximum atomic E-state index is 11.2. The van der Waals surface area contributed by atoms with Gasteiger partial charge in [0.15, 0.2) is 6.61 Å². The zero-order chi connectivity index (χ0) is 12.8. The van der Waals surface area contributed by atoms with Crippen LogP contribution in [0, 0.1) is 11.3 Å². The maximum Gasteiger partial charge on any atom is 0.341 e. The smallest absolute Gasteiger partial charge is 0.341 e. The van der Waals surface area contributed by atoms with Crippen LogP contribution < -0.4 is 4.74 Å². The van der Waals surface area contributed by atoms with Gasteiger partial charge in [0.2, 0.25) is 0 Å². The van der Waals surface area contributed by atoms with Crippen LogP contribution in [-0.4, -0.2) is 30.8 Å². The SMILES string of the molecule is COC(=O)c1ccc(OCC(=O)O)c(C#N)c1. The predicted molar refractivity (Wildman–Crippen MR) is 55.6 cm³/mol. The molecule has 0 atom stereocenters. The summed E-state index contributed by atoms with van der Waals surface area (Å²) in [5, 5.41) is 17.3.